The molecule has 3 amide bonds. The molecule has 0 saturated carbocycles. The predicted octanol–water partition coefficient (Wildman–Crippen LogP) is 3.53. The smallest absolute Gasteiger partial charge is 0.319 e. The monoisotopic (exact) mass is 492 g/mol. The fraction of sp³-hybridized carbons (Fsp3) is 0.190. The van der Waals surface area contributed by atoms with Crippen LogP contribution in [-0.4, -0.2) is 37.8 Å². The second-order valence-electron chi connectivity index (χ2n) is 6.77. The van der Waals surface area contributed by atoms with E-state index in [9.17, 15) is 18.4 Å². The average molecular weight is 493 g/mol. The van der Waals surface area contributed by atoms with E-state index >= 15 is 0 Å². The van der Waals surface area contributed by atoms with Gasteiger partial charge in [-0.05, 0) is 35.4 Å². The van der Waals surface area contributed by atoms with Crippen LogP contribution >= 0.6 is 15.9 Å². The first kappa shape index (κ1) is 22.4. The van der Waals surface area contributed by atoms with Crippen molar-refractivity contribution in [3.63, 3.8) is 0 Å². The van der Waals surface area contributed by atoms with Crippen LogP contribution in [0.15, 0.2) is 52.6 Å². The summed E-state index contributed by atoms with van der Waals surface area (Å²) in [5, 5.41) is 12.4. The summed E-state index contributed by atoms with van der Waals surface area (Å²) < 4.78 is 33.3. The lowest BCUT2D eigenvalue weighted by atomic mass is 10.1. The summed E-state index contributed by atoms with van der Waals surface area (Å²) in [5.74, 6) is -1.30. The van der Waals surface area contributed by atoms with Crippen LogP contribution in [0.1, 0.15) is 5.56 Å². The molecule has 0 aliphatic carbocycles. The van der Waals surface area contributed by atoms with Crippen LogP contribution in [0.5, 0.6) is 5.75 Å². The van der Waals surface area contributed by atoms with Gasteiger partial charge in [-0.15, -0.1) is 0 Å². The number of hydrogen-bond donors (Lipinski definition) is 3. The number of anilines is 1. The first-order valence-corrected chi connectivity index (χ1v) is 9.98. The van der Waals surface area contributed by atoms with Gasteiger partial charge in [-0.1, -0.05) is 22.0 Å². The van der Waals surface area contributed by atoms with Crippen molar-refractivity contribution in [2.24, 2.45) is 0 Å². The van der Waals surface area contributed by atoms with Crippen molar-refractivity contribution in [1.82, 2.24) is 10.6 Å². The zero-order valence-electron chi connectivity index (χ0n) is 16.4. The van der Waals surface area contributed by atoms with Gasteiger partial charge in [0.25, 0.3) is 5.91 Å². The largest absolute Gasteiger partial charge is 0.489 e. The maximum Gasteiger partial charge on any atom is 0.319 e. The van der Waals surface area contributed by atoms with Gasteiger partial charge >= 0.3 is 6.03 Å². The number of urea groups is 1. The Morgan fingerprint density at radius 2 is 2.10 bits per heavy atom. The Labute approximate surface area is 185 Å². The van der Waals surface area contributed by atoms with Crippen LogP contribution in [-0.2, 0) is 11.2 Å². The topological polar surface area (TPSA) is 94.5 Å². The molecule has 2 aromatic carbocycles. The third-order valence-electron chi connectivity index (χ3n) is 4.61. The van der Waals surface area contributed by atoms with Crippen molar-refractivity contribution in [2.75, 3.05) is 18.6 Å². The van der Waals surface area contributed by atoms with Crippen LogP contribution in [0.3, 0.4) is 0 Å². The third kappa shape index (κ3) is 5.46. The predicted molar refractivity (Wildman–Crippen MR) is 115 cm³/mol. The molecule has 10 heteroatoms. The lowest BCUT2D eigenvalue weighted by molar-refractivity contribution is -0.120. The van der Waals surface area contributed by atoms with E-state index in [2.05, 4.69) is 26.6 Å². The van der Waals surface area contributed by atoms with Crippen LogP contribution in [0, 0.1) is 17.0 Å². The van der Waals surface area contributed by atoms with E-state index in [1.54, 1.807) is 25.2 Å². The van der Waals surface area contributed by atoms with Gasteiger partial charge in [-0.25, -0.2) is 13.6 Å². The van der Waals surface area contributed by atoms with E-state index < -0.39 is 23.7 Å². The number of carbonyl (C=O) groups is 2. The Hall–Kier alpha value is -3.27. The van der Waals surface area contributed by atoms with E-state index in [-0.39, 0.29) is 30.1 Å². The minimum absolute atomic E-state index is 0.0196. The van der Waals surface area contributed by atoms with Crippen molar-refractivity contribution in [3.8, 4) is 5.75 Å². The summed E-state index contributed by atoms with van der Waals surface area (Å²) in [6.45, 7) is -0.0623. The van der Waals surface area contributed by atoms with Gasteiger partial charge in [0, 0.05) is 36.4 Å². The fourth-order valence-electron chi connectivity index (χ4n) is 2.96. The first-order chi connectivity index (χ1) is 14.8. The molecule has 31 heavy (non-hydrogen) atoms. The molecule has 1 atom stereocenters. The second-order valence-corrected chi connectivity index (χ2v) is 7.68. The molecule has 1 aliphatic rings. The molecule has 0 radical (unpaired) electrons. The molecule has 0 saturated heterocycles. The normalized spacial score (nSPS) is 16.1. The van der Waals surface area contributed by atoms with E-state index in [1.165, 1.54) is 17.2 Å². The molecular weight excluding hydrogens is 474 g/mol. The number of fused-ring (bicyclic) bond motifs is 1. The summed E-state index contributed by atoms with van der Waals surface area (Å²) in [6.07, 6.45) is 2.16. The Morgan fingerprint density at radius 1 is 1.32 bits per heavy atom. The maximum absolute atomic E-state index is 13.8. The number of nitrogens with zero attached hydrogens (tertiary/aromatic N) is 1. The number of likely N-dealkylation sites (N-methyl/N-ethyl adjacent to an activating group) is 1. The molecule has 0 unspecified atom stereocenters. The van der Waals surface area contributed by atoms with Gasteiger partial charge in [0.2, 0.25) is 0 Å². The van der Waals surface area contributed by atoms with Gasteiger partial charge in [-0.3, -0.25) is 4.79 Å². The van der Waals surface area contributed by atoms with Crippen LogP contribution in [0.4, 0.5) is 19.3 Å². The Balaban J connectivity index is 1.64. The van der Waals surface area contributed by atoms with E-state index in [0.29, 0.717) is 11.4 Å². The minimum Gasteiger partial charge on any atom is -0.489 e. The van der Waals surface area contributed by atoms with Crippen molar-refractivity contribution in [1.29, 1.82) is 5.41 Å². The van der Waals surface area contributed by atoms with Crippen molar-refractivity contribution in [2.45, 2.75) is 12.5 Å². The van der Waals surface area contributed by atoms with Crippen LogP contribution in [0.2, 0.25) is 0 Å². The van der Waals surface area contributed by atoms with Crippen molar-refractivity contribution in [3.05, 3.63) is 69.8 Å². The lowest BCUT2D eigenvalue weighted by Crippen LogP contribution is -2.51. The standard InChI is InChI=1S/C21H19BrF2N4O3/c1-28-18-7-14(22)3-5-19(18)31-11-17(20(28)29)27-21(30)26-10-12(9-25)6-13-2-4-15(23)8-16(13)24/h2-5,7-10,17,25H,6,11H2,1H3,(H2,26,27,30)/b12-10-,25-9?/t17-/m0/s1. The Morgan fingerprint density at radius 3 is 2.81 bits per heavy atom. The van der Waals surface area contributed by atoms with E-state index in [0.717, 1.165) is 22.8 Å². The maximum atomic E-state index is 13.8. The number of halogens is 3. The molecule has 7 nitrogen and oxygen atoms in total. The molecule has 0 bridgehead atoms. The Kier molecular flexibility index (Phi) is 7.01. The van der Waals surface area contributed by atoms with Gasteiger partial charge in [0.1, 0.15) is 30.0 Å². The van der Waals surface area contributed by atoms with Crippen LogP contribution in [0.25, 0.3) is 0 Å². The van der Waals surface area contributed by atoms with Gasteiger partial charge < -0.3 is 25.7 Å². The number of amides is 3. The zero-order valence-corrected chi connectivity index (χ0v) is 18.0. The van der Waals surface area contributed by atoms with Crippen molar-refractivity contribution >= 4 is 39.8 Å². The summed E-state index contributed by atoms with van der Waals surface area (Å²) >= 11 is 3.35. The highest BCUT2D eigenvalue weighted by molar-refractivity contribution is 9.10. The third-order valence-corrected chi connectivity index (χ3v) is 5.10. The van der Waals surface area contributed by atoms with Gasteiger partial charge in [0.05, 0.1) is 5.69 Å². The summed E-state index contributed by atoms with van der Waals surface area (Å²) in [7, 11) is 1.58. The molecule has 1 heterocycles. The highest BCUT2D eigenvalue weighted by Crippen LogP contribution is 2.33. The molecule has 162 valence electrons. The van der Waals surface area contributed by atoms with Crippen LogP contribution < -0.4 is 20.3 Å². The highest BCUT2D eigenvalue weighted by atomic mass is 79.9. The SMILES string of the molecule is CN1C(=O)[C@@H](NC(=O)N/C=C(\C=N)Cc2ccc(F)cc2F)COc2ccc(Br)cc21. The average Bonchev–Trinajstić information content (AvgIpc) is 2.85. The lowest BCUT2D eigenvalue weighted by Gasteiger charge is -2.20. The number of hydrogen-bond acceptors (Lipinski definition) is 4. The number of rotatable bonds is 5. The molecule has 0 spiro atoms. The van der Waals surface area contributed by atoms with Gasteiger partial charge in [0.15, 0.2) is 0 Å². The number of carbonyl (C=O) groups excluding carboxylic acids is 2. The second kappa shape index (κ2) is 9.69. The summed E-state index contributed by atoms with van der Waals surface area (Å²) in [6, 6.07) is 6.75. The van der Waals surface area contributed by atoms with Crippen molar-refractivity contribution < 1.29 is 23.1 Å². The molecule has 0 aromatic heterocycles. The molecule has 1 aliphatic heterocycles. The number of allylic oxidation sites excluding steroid dienone is 1. The number of nitrogens with one attached hydrogen (secondary N) is 3. The minimum atomic E-state index is -0.942. The summed E-state index contributed by atoms with van der Waals surface area (Å²) in [5.41, 5.74) is 1.02. The van der Waals surface area contributed by atoms with E-state index in [1.807, 2.05) is 0 Å². The van der Waals surface area contributed by atoms with E-state index in [4.69, 9.17) is 10.1 Å². The fourth-order valence-corrected chi connectivity index (χ4v) is 3.31. The molecule has 2 aromatic rings. The molecule has 3 rings (SSSR count). The first-order valence-electron chi connectivity index (χ1n) is 9.19. The highest BCUT2D eigenvalue weighted by Gasteiger charge is 2.30. The zero-order chi connectivity index (χ0) is 22.5. The summed E-state index contributed by atoms with van der Waals surface area (Å²) in [4.78, 5) is 26.4. The molecular formula is C21H19BrF2N4O3. The quantitative estimate of drug-likeness (QED) is 0.557. The Bertz CT molecular complexity index is 1060. The number of ether oxygens (including phenoxy) is 1. The van der Waals surface area contributed by atoms with Gasteiger partial charge in [-0.2, -0.15) is 0 Å². The molecule has 3 N–H and O–H groups in total. The molecule has 0 fully saturated rings. The number of benzene rings is 2.